The van der Waals surface area contributed by atoms with Crippen molar-refractivity contribution in [2.45, 2.75) is 31.5 Å². The molecule has 0 amide bonds. The van der Waals surface area contributed by atoms with Gasteiger partial charge in [0.05, 0.1) is 26.0 Å². The third-order valence-corrected chi connectivity index (χ3v) is 3.35. The Hall–Kier alpha value is -1.33. The first-order chi connectivity index (χ1) is 8.78. The molecule has 100 valence electrons. The van der Waals surface area contributed by atoms with Crippen molar-refractivity contribution in [2.24, 2.45) is 0 Å². The van der Waals surface area contributed by atoms with Crippen LogP contribution in [0.3, 0.4) is 0 Å². The quantitative estimate of drug-likeness (QED) is 0.828. The summed E-state index contributed by atoms with van der Waals surface area (Å²) in [6, 6.07) is 2.31. The van der Waals surface area contributed by atoms with Crippen molar-refractivity contribution in [2.75, 3.05) is 21.3 Å². The average Bonchev–Trinajstić information content (AvgIpc) is 2.36. The van der Waals surface area contributed by atoms with Gasteiger partial charge in [-0.05, 0) is 12.8 Å². The molecule has 0 saturated heterocycles. The average molecular weight is 252 g/mol. The zero-order valence-corrected chi connectivity index (χ0v) is 11.1. The van der Waals surface area contributed by atoms with E-state index >= 15 is 0 Å². The van der Waals surface area contributed by atoms with Crippen LogP contribution in [0.1, 0.15) is 18.5 Å². The van der Waals surface area contributed by atoms with Crippen LogP contribution in [-0.2, 0) is 11.3 Å². The maximum absolute atomic E-state index is 5.34. The van der Waals surface area contributed by atoms with Crippen molar-refractivity contribution in [1.29, 1.82) is 0 Å². The summed E-state index contributed by atoms with van der Waals surface area (Å²) in [5.41, 5.74) is 0.873. The molecule has 5 nitrogen and oxygen atoms in total. The van der Waals surface area contributed by atoms with E-state index in [1.165, 1.54) is 0 Å². The van der Waals surface area contributed by atoms with E-state index in [1.807, 2.05) is 0 Å². The number of pyridine rings is 1. The largest absolute Gasteiger partial charge is 0.493 e. The number of rotatable bonds is 6. The van der Waals surface area contributed by atoms with Crippen LogP contribution in [0.5, 0.6) is 11.5 Å². The lowest BCUT2D eigenvalue weighted by molar-refractivity contribution is 0.0168. The second-order valence-electron chi connectivity index (χ2n) is 4.40. The molecule has 1 aromatic heterocycles. The first-order valence-electron chi connectivity index (χ1n) is 6.10. The van der Waals surface area contributed by atoms with Gasteiger partial charge >= 0.3 is 0 Å². The molecule has 2 rings (SSSR count). The molecule has 0 unspecified atom stereocenters. The number of nitrogens with one attached hydrogen (secondary N) is 1. The Labute approximate surface area is 107 Å². The summed E-state index contributed by atoms with van der Waals surface area (Å²) in [7, 11) is 5.02. The van der Waals surface area contributed by atoms with Gasteiger partial charge in [0, 0.05) is 32.0 Å². The minimum atomic E-state index is 0.405. The second-order valence-corrected chi connectivity index (χ2v) is 4.40. The second kappa shape index (κ2) is 6.02. The predicted octanol–water partition coefficient (Wildman–Crippen LogP) is 1.37. The molecular formula is C13H20N2O3. The van der Waals surface area contributed by atoms with Gasteiger partial charge in [0.15, 0.2) is 11.5 Å². The molecule has 1 fully saturated rings. The molecule has 18 heavy (non-hydrogen) atoms. The van der Waals surface area contributed by atoms with E-state index in [0.717, 1.165) is 18.5 Å². The molecule has 0 atom stereocenters. The molecule has 0 aliphatic heterocycles. The van der Waals surface area contributed by atoms with Crippen LogP contribution in [-0.4, -0.2) is 38.5 Å². The highest BCUT2D eigenvalue weighted by Crippen LogP contribution is 2.29. The summed E-state index contributed by atoms with van der Waals surface area (Å²) >= 11 is 0. The lowest BCUT2D eigenvalue weighted by atomic mass is 9.89. The number of ether oxygens (including phenoxy) is 3. The molecule has 1 aromatic rings. The highest BCUT2D eigenvalue weighted by atomic mass is 16.5. The van der Waals surface area contributed by atoms with Crippen LogP contribution in [0.2, 0.25) is 0 Å². The Morgan fingerprint density at radius 1 is 1.28 bits per heavy atom. The van der Waals surface area contributed by atoms with Gasteiger partial charge in [-0.25, -0.2) is 0 Å². The van der Waals surface area contributed by atoms with Crippen LogP contribution in [0, 0.1) is 0 Å². The van der Waals surface area contributed by atoms with E-state index in [9.17, 15) is 0 Å². The Bertz CT molecular complexity index is 392. The molecule has 1 heterocycles. The third-order valence-electron chi connectivity index (χ3n) is 3.35. The molecule has 1 aliphatic rings. The summed E-state index contributed by atoms with van der Waals surface area (Å²) in [4.78, 5) is 4.33. The van der Waals surface area contributed by atoms with Crippen LogP contribution in [0.25, 0.3) is 0 Å². The van der Waals surface area contributed by atoms with E-state index < -0.39 is 0 Å². The van der Waals surface area contributed by atoms with E-state index in [-0.39, 0.29) is 0 Å². The molecule has 1 aliphatic carbocycles. The van der Waals surface area contributed by atoms with Crippen LogP contribution >= 0.6 is 0 Å². The van der Waals surface area contributed by atoms with E-state index in [4.69, 9.17) is 14.2 Å². The summed E-state index contributed by atoms with van der Waals surface area (Å²) < 4.78 is 15.8. The molecule has 0 bridgehead atoms. The van der Waals surface area contributed by atoms with Crippen molar-refractivity contribution in [1.82, 2.24) is 10.3 Å². The first kappa shape index (κ1) is 13.1. The maximum atomic E-state index is 5.34. The van der Waals surface area contributed by atoms with Crippen LogP contribution < -0.4 is 14.8 Å². The van der Waals surface area contributed by atoms with Crippen molar-refractivity contribution in [3.8, 4) is 11.5 Å². The summed E-state index contributed by atoms with van der Waals surface area (Å²) in [6.45, 7) is 0.682. The number of hydrogen-bond acceptors (Lipinski definition) is 5. The summed E-state index contributed by atoms with van der Waals surface area (Å²) in [5, 5.41) is 3.45. The van der Waals surface area contributed by atoms with E-state index in [2.05, 4.69) is 10.3 Å². The van der Waals surface area contributed by atoms with Gasteiger partial charge in [0.2, 0.25) is 0 Å². The van der Waals surface area contributed by atoms with Crippen molar-refractivity contribution in [3.05, 3.63) is 18.0 Å². The fourth-order valence-electron chi connectivity index (χ4n) is 2.14. The molecule has 0 spiro atoms. The van der Waals surface area contributed by atoms with Crippen LogP contribution in [0.4, 0.5) is 0 Å². The third kappa shape index (κ3) is 2.73. The smallest absolute Gasteiger partial charge is 0.183 e. The van der Waals surface area contributed by atoms with E-state index in [1.54, 1.807) is 33.6 Å². The highest BCUT2D eigenvalue weighted by molar-refractivity contribution is 5.42. The molecule has 0 radical (unpaired) electrons. The van der Waals surface area contributed by atoms with Gasteiger partial charge in [-0.3, -0.25) is 4.98 Å². The van der Waals surface area contributed by atoms with Gasteiger partial charge in [0.1, 0.15) is 0 Å². The lowest BCUT2D eigenvalue weighted by Gasteiger charge is -2.34. The SMILES string of the molecule is COc1ccnc(CNC2CC(OC)C2)c1OC. The topological polar surface area (TPSA) is 52.6 Å². The van der Waals surface area contributed by atoms with Gasteiger partial charge in [0.25, 0.3) is 0 Å². The lowest BCUT2D eigenvalue weighted by Crippen LogP contribution is -2.44. The Morgan fingerprint density at radius 3 is 2.67 bits per heavy atom. The Morgan fingerprint density at radius 2 is 2.06 bits per heavy atom. The minimum absolute atomic E-state index is 0.405. The standard InChI is InChI=1S/C13H20N2O3/c1-16-10-6-9(7-10)15-8-11-13(18-3)12(17-2)4-5-14-11/h4-5,9-10,15H,6-8H2,1-3H3. The number of aromatic nitrogens is 1. The van der Waals surface area contributed by atoms with Gasteiger partial charge in [-0.15, -0.1) is 0 Å². The van der Waals surface area contributed by atoms with Crippen molar-refractivity contribution < 1.29 is 14.2 Å². The zero-order chi connectivity index (χ0) is 13.0. The zero-order valence-electron chi connectivity index (χ0n) is 11.1. The van der Waals surface area contributed by atoms with Crippen molar-refractivity contribution >= 4 is 0 Å². The Balaban J connectivity index is 1.93. The molecule has 0 aromatic carbocycles. The fourth-order valence-corrected chi connectivity index (χ4v) is 2.14. The minimum Gasteiger partial charge on any atom is -0.493 e. The summed E-state index contributed by atoms with van der Waals surface area (Å²) in [5.74, 6) is 1.42. The van der Waals surface area contributed by atoms with Crippen LogP contribution in [0.15, 0.2) is 12.3 Å². The van der Waals surface area contributed by atoms with Gasteiger partial charge in [-0.1, -0.05) is 0 Å². The van der Waals surface area contributed by atoms with Gasteiger partial charge < -0.3 is 19.5 Å². The fraction of sp³-hybridized carbons (Fsp3) is 0.615. The highest BCUT2D eigenvalue weighted by Gasteiger charge is 2.28. The maximum Gasteiger partial charge on any atom is 0.183 e. The summed E-state index contributed by atoms with van der Waals surface area (Å²) in [6.07, 6.45) is 4.26. The van der Waals surface area contributed by atoms with Gasteiger partial charge in [-0.2, -0.15) is 0 Å². The molecule has 5 heteroatoms. The molecular weight excluding hydrogens is 232 g/mol. The number of hydrogen-bond donors (Lipinski definition) is 1. The first-order valence-corrected chi connectivity index (χ1v) is 6.10. The molecule has 1 saturated carbocycles. The predicted molar refractivity (Wildman–Crippen MR) is 68.0 cm³/mol. The normalized spacial score (nSPS) is 22.4. The number of nitrogens with zero attached hydrogens (tertiary/aromatic N) is 1. The monoisotopic (exact) mass is 252 g/mol. The Kier molecular flexibility index (Phi) is 4.38. The van der Waals surface area contributed by atoms with E-state index in [0.29, 0.717) is 30.2 Å². The van der Waals surface area contributed by atoms with Crippen molar-refractivity contribution in [3.63, 3.8) is 0 Å². The number of methoxy groups -OCH3 is 3. The molecule has 1 N–H and O–H groups in total.